The van der Waals surface area contributed by atoms with Gasteiger partial charge in [0.15, 0.2) is 15.6 Å². The molecule has 0 saturated heterocycles. The maximum absolute atomic E-state index is 12.1. The van der Waals surface area contributed by atoms with Crippen LogP contribution in [0.3, 0.4) is 0 Å². The highest BCUT2D eigenvalue weighted by Gasteiger charge is 2.21. The van der Waals surface area contributed by atoms with E-state index < -0.39 is 21.5 Å². The Morgan fingerprint density at radius 2 is 2.00 bits per heavy atom. The van der Waals surface area contributed by atoms with Crippen LogP contribution >= 0.6 is 0 Å². The third kappa shape index (κ3) is 4.92. The highest BCUT2D eigenvalue weighted by Crippen LogP contribution is 2.16. The predicted octanol–water partition coefficient (Wildman–Crippen LogP) is 2.08. The summed E-state index contributed by atoms with van der Waals surface area (Å²) in [4.78, 5) is 12.0. The SMILES string of the molecule is Cc1cc(CS(=O)(=O)CC(=O)N[C@H](C)c2ccccc2C)on1. The number of nitrogens with one attached hydrogen (secondary N) is 1. The van der Waals surface area contributed by atoms with Gasteiger partial charge >= 0.3 is 0 Å². The number of rotatable bonds is 6. The lowest BCUT2D eigenvalue weighted by molar-refractivity contribution is -0.119. The third-order valence-corrected chi connectivity index (χ3v) is 4.85. The molecule has 0 spiro atoms. The second-order valence-corrected chi connectivity index (χ2v) is 7.68. The molecule has 0 aliphatic carbocycles. The summed E-state index contributed by atoms with van der Waals surface area (Å²) in [7, 11) is -3.60. The van der Waals surface area contributed by atoms with Crippen molar-refractivity contribution in [3.8, 4) is 0 Å². The lowest BCUT2D eigenvalue weighted by atomic mass is 10.0. The summed E-state index contributed by atoms with van der Waals surface area (Å²) in [5.41, 5.74) is 2.61. The number of carbonyl (C=O) groups excluding carboxylic acids is 1. The summed E-state index contributed by atoms with van der Waals surface area (Å²) in [5.74, 6) is -1.21. The van der Waals surface area contributed by atoms with E-state index in [1.165, 1.54) is 0 Å². The molecule has 6 nitrogen and oxygen atoms in total. The van der Waals surface area contributed by atoms with E-state index in [0.717, 1.165) is 11.1 Å². The minimum absolute atomic E-state index is 0.238. The molecule has 7 heteroatoms. The summed E-state index contributed by atoms with van der Waals surface area (Å²) in [6.45, 7) is 5.48. The Hall–Kier alpha value is -2.15. The van der Waals surface area contributed by atoms with Crippen LogP contribution < -0.4 is 5.32 Å². The first-order valence-corrected chi connectivity index (χ1v) is 9.06. The third-order valence-electron chi connectivity index (χ3n) is 3.42. The molecule has 2 rings (SSSR count). The Kier molecular flexibility index (Phi) is 5.20. The van der Waals surface area contributed by atoms with Crippen molar-refractivity contribution in [2.75, 3.05) is 5.75 Å². The molecule has 0 unspecified atom stereocenters. The molecule has 1 N–H and O–H groups in total. The summed E-state index contributed by atoms with van der Waals surface area (Å²) in [5, 5.41) is 6.36. The molecule has 1 amide bonds. The number of aromatic nitrogens is 1. The lowest BCUT2D eigenvalue weighted by Gasteiger charge is -2.16. The monoisotopic (exact) mass is 336 g/mol. The van der Waals surface area contributed by atoms with Gasteiger partial charge in [0.1, 0.15) is 11.5 Å². The van der Waals surface area contributed by atoms with Crippen molar-refractivity contribution in [2.24, 2.45) is 0 Å². The van der Waals surface area contributed by atoms with Crippen molar-refractivity contribution in [1.29, 1.82) is 0 Å². The molecule has 0 bridgehead atoms. The predicted molar refractivity (Wildman–Crippen MR) is 86.5 cm³/mol. The summed E-state index contributed by atoms with van der Waals surface area (Å²) in [6.07, 6.45) is 0. The second-order valence-electron chi connectivity index (χ2n) is 5.61. The molecule has 1 aromatic carbocycles. The number of hydrogen-bond acceptors (Lipinski definition) is 5. The molecule has 0 fully saturated rings. The van der Waals surface area contributed by atoms with Gasteiger partial charge in [0.25, 0.3) is 0 Å². The Balaban J connectivity index is 1.97. The number of benzene rings is 1. The van der Waals surface area contributed by atoms with Crippen LogP contribution in [0.1, 0.15) is 35.5 Å². The molecule has 0 saturated carbocycles. The van der Waals surface area contributed by atoms with Crippen LogP contribution in [-0.2, 0) is 20.4 Å². The molecule has 0 radical (unpaired) electrons. The minimum atomic E-state index is -3.60. The van der Waals surface area contributed by atoms with E-state index in [4.69, 9.17) is 4.52 Å². The first-order valence-electron chi connectivity index (χ1n) is 7.24. The maximum Gasteiger partial charge on any atom is 0.235 e. The van der Waals surface area contributed by atoms with Gasteiger partial charge in [-0.1, -0.05) is 29.4 Å². The van der Waals surface area contributed by atoms with Crippen LogP contribution in [0.25, 0.3) is 0 Å². The van der Waals surface area contributed by atoms with Crippen molar-refractivity contribution < 1.29 is 17.7 Å². The summed E-state index contributed by atoms with van der Waals surface area (Å²) >= 11 is 0. The van der Waals surface area contributed by atoms with Crippen molar-refractivity contribution in [2.45, 2.75) is 32.6 Å². The first-order chi connectivity index (χ1) is 10.8. The number of sulfone groups is 1. The average molecular weight is 336 g/mol. The fourth-order valence-electron chi connectivity index (χ4n) is 2.39. The largest absolute Gasteiger partial charge is 0.360 e. The number of aryl methyl sites for hydroxylation is 2. The zero-order chi connectivity index (χ0) is 17.0. The van der Waals surface area contributed by atoms with Gasteiger partial charge in [0.05, 0.1) is 11.7 Å². The van der Waals surface area contributed by atoms with E-state index in [2.05, 4.69) is 10.5 Å². The Morgan fingerprint density at radius 1 is 1.30 bits per heavy atom. The van der Waals surface area contributed by atoms with Crippen molar-refractivity contribution in [3.63, 3.8) is 0 Å². The molecule has 0 aliphatic rings. The topological polar surface area (TPSA) is 89.3 Å². The molecular formula is C16H20N2O4S. The standard InChI is InChI=1S/C16H20N2O4S/c1-11-6-4-5-7-15(11)13(3)17-16(19)10-23(20,21)9-14-8-12(2)18-22-14/h4-8,13H,9-10H2,1-3H3,(H,17,19)/t13-/m1/s1. The fraction of sp³-hybridized carbons (Fsp3) is 0.375. The van der Waals surface area contributed by atoms with E-state index in [1.807, 2.05) is 38.1 Å². The first kappa shape index (κ1) is 17.2. The van der Waals surface area contributed by atoms with Gasteiger partial charge < -0.3 is 9.84 Å². The van der Waals surface area contributed by atoms with Crippen LogP contribution in [0.2, 0.25) is 0 Å². The molecule has 2 aromatic rings. The summed E-state index contributed by atoms with van der Waals surface area (Å²) < 4.78 is 29.0. The minimum Gasteiger partial charge on any atom is -0.360 e. The number of amides is 1. The van der Waals surface area contributed by atoms with E-state index in [-0.39, 0.29) is 17.6 Å². The average Bonchev–Trinajstić information content (AvgIpc) is 2.82. The molecule has 124 valence electrons. The molecular weight excluding hydrogens is 316 g/mol. The van der Waals surface area contributed by atoms with Gasteiger partial charge in [0, 0.05) is 6.07 Å². The number of carbonyl (C=O) groups is 1. The van der Waals surface area contributed by atoms with E-state index in [1.54, 1.807) is 13.0 Å². The number of hydrogen-bond donors (Lipinski definition) is 1. The smallest absolute Gasteiger partial charge is 0.235 e. The molecule has 1 heterocycles. The van der Waals surface area contributed by atoms with Crippen LogP contribution in [0.15, 0.2) is 34.9 Å². The Morgan fingerprint density at radius 3 is 2.61 bits per heavy atom. The van der Waals surface area contributed by atoms with Gasteiger partial charge in [0.2, 0.25) is 5.91 Å². The summed E-state index contributed by atoms with van der Waals surface area (Å²) in [6, 6.07) is 8.94. The van der Waals surface area contributed by atoms with Crippen molar-refractivity contribution in [3.05, 3.63) is 52.9 Å². The highest BCUT2D eigenvalue weighted by atomic mass is 32.2. The number of nitrogens with zero attached hydrogens (tertiary/aromatic N) is 1. The second kappa shape index (κ2) is 6.95. The molecule has 1 aromatic heterocycles. The maximum atomic E-state index is 12.1. The van der Waals surface area contributed by atoms with Gasteiger partial charge in [-0.05, 0) is 31.9 Å². The zero-order valence-electron chi connectivity index (χ0n) is 13.4. The molecule has 1 atom stereocenters. The van der Waals surface area contributed by atoms with E-state index in [0.29, 0.717) is 5.69 Å². The van der Waals surface area contributed by atoms with Crippen LogP contribution in [0, 0.1) is 13.8 Å². The quantitative estimate of drug-likeness (QED) is 0.872. The van der Waals surface area contributed by atoms with Gasteiger partial charge in [-0.25, -0.2) is 8.42 Å². The van der Waals surface area contributed by atoms with Crippen molar-refractivity contribution in [1.82, 2.24) is 10.5 Å². The van der Waals surface area contributed by atoms with Gasteiger partial charge in [-0.15, -0.1) is 0 Å². The normalized spacial score (nSPS) is 12.8. The van der Waals surface area contributed by atoms with Crippen LogP contribution in [-0.4, -0.2) is 25.2 Å². The molecule has 0 aliphatic heterocycles. The van der Waals surface area contributed by atoms with Gasteiger partial charge in [-0.2, -0.15) is 0 Å². The Labute approximate surface area is 135 Å². The zero-order valence-corrected chi connectivity index (χ0v) is 14.2. The van der Waals surface area contributed by atoms with Crippen molar-refractivity contribution >= 4 is 15.7 Å². The van der Waals surface area contributed by atoms with Crippen LogP contribution in [0.4, 0.5) is 0 Å². The highest BCUT2D eigenvalue weighted by molar-refractivity contribution is 7.91. The van der Waals surface area contributed by atoms with Gasteiger partial charge in [-0.3, -0.25) is 4.79 Å². The Bertz CT molecular complexity index is 796. The van der Waals surface area contributed by atoms with E-state index in [9.17, 15) is 13.2 Å². The van der Waals surface area contributed by atoms with Crippen LogP contribution in [0.5, 0.6) is 0 Å². The lowest BCUT2D eigenvalue weighted by Crippen LogP contribution is -2.33. The van der Waals surface area contributed by atoms with E-state index >= 15 is 0 Å². The fourth-order valence-corrected chi connectivity index (χ4v) is 3.54. The molecule has 23 heavy (non-hydrogen) atoms.